The summed E-state index contributed by atoms with van der Waals surface area (Å²) >= 11 is 0. The van der Waals surface area contributed by atoms with Gasteiger partial charge in [-0.25, -0.2) is 4.68 Å². The molecule has 0 aliphatic rings. The Bertz CT molecular complexity index is 1110. The number of nitro benzene ring substituents is 2. The summed E-state index contributed by atoms with van der Waals surface area (Å²) in [6.45, 7) is 4.23. The van der Waals surface area contributed by atoms with Crippen LogP contribution in [0.3, 0.4) is 0 Å². The van der Waals surface area contributed by atoms with E-state index in [0.29, 0.717) is 11.6 Å². The molecule has 3 aromatic rings. The van der Waals surface area contributed by atoms with Crippen LogP contribution in [0.1, 0.15) is 21.7 Å². The van der Waals surface area contributed by atoms with E-state index in [1.807, 2.05) is 19.9 Å². The van der Waals surface area contributed by atoms with Crippen molar-refractivity contribution < 1.29 is 14.6 Å². The highest BCUT2D eigenvalue weighted by Crippen LogP contribution is 2.22. The largest absolute Gasteiger partial charge is 0.367 e. The van der Waals surface area contributed by atoms with Crippen molar-refractivity contribution in [2.45, 2.75) is 13.8 Å². The number of aryl methyl sites for hydroxylation is 2. The molecule has 0 radical (unpaired) electrons. The molecule has 13 heteroatoms. The summed E-state index contributed by atoms with van der Waals surface area (Å²) in [5.41, 5.74) is 0.559. The quantitative estimate of drug-likeness (QED) is 0.310. The average Bonchev–Trinajstić information content (AvgIpc) is 3.09. The molecule has 0 bridgehead atoms. The molecule has 2 aromatic heterocycles. The van der Waals surface area contributed by atoms with Gasteiger partial charge >= 0.3 is 0 Å². The standard InChI is InChI=1S/C18H18N8O5/c1-11-7-12(2)24(23-11)17-4-3-16(21-22-17)19-5-6-20-18(27)13-8-14(25(28)29)10-15(9-13)26(30)31/h3-4,7-10H,5-6H2,1-2H3,(H,19,21)(H,20,27). The molecule has 0 aliphatic carbocycles. The monoisotopic (exact) mass is 426 g/mol. The highest BCUT2D eigenvalue weighted by Gasteiger charge is 2.19. The first kappa shape index (κ1) is 21.3. The molecule has 3 rings (SSSR count). The van der Waals surface area contributed by atoms with Crippen LogP contribution in [0.25, 0.3) is 5.82 Å². The minimum Gasteiger partial charge on any atom is -0.367 e. The smallest absolute Gasteiger partial charge is 0.277 e. The molecule has 0 saturated carbocycles. The van der Waals surface area contributed by atoms with Gasteiger partial charge in [-0.05, 0) is 32.0 Å². The van der Waals surface area contributed by atoms with E-state index in [2.05, 4.69) is 25.9 Å². The number of hydrogen-bond acceptors (Lipinski definition) is 9. The number of amides is 1. The third-order valence-corrected chi connectivity index (χ3v) is 4.18. The van der Waals surface area contributed by atoms with Crippen LogP contribution >= 0.6 is 0 Å². The third-order valence-electron chi connectivity index (χ3n) is 4.18. The summed E-state index contributed by atoms with van der Waals surface area (Å²) in [6, 6.07) is 8.15. The van der Waals surface area contributed by atoms with Gasteiger partial charge in [-0.15, -0.1) is 10.2 Å². The second-order valence-corrected chi connectivity index (χ2v) is 6.55. The first-order valence-electron chi connectivity index (χ1n) is 9.08. The van der Waals surface area contributed by atoms with E-state index in [9.17, 15) is 25.0 Å². The summed E-state index contributed by atoms with van der Waals surface area (Å²) < 4.78 is 1.67. The van der Waals surface area contributed by atoms with Crippen LogP contribution in [0.15, 0.2) is 36.4 Å². The third kappa shape index (κ3) is 5.14. The number of nitrogens with one attached hydrogen (secondary N) is 2. The van der Waals surface area contributed by atoms with Gasteiger partial charge in [-0.1, -0.05) is 0 Å². The van der Waals surface area contributed by atoms with Gasteiger partial charge in [-0.3, -0.25) is 25.0 Å². The molecular formula is C18H18N8O5. The Hall–Kier alpha value is -4.42. The van der Waals surface area contributed by atoms with Crippen LogP contribution in [-0.4, -0.2) is 48.8 Å². The Morgan fingerprint density at radius 1 is 1.00 bits per heavy atom. The maximum Gasteiger partial charge on any atom is 0.277 e. The lowest BCUT2D eigenvalue weighted by Gasteiger charge is -2.08. The van der Waals surface area contributed by atoms with Gasteiger partial charge in [0, 0.05) is 30.9 Å². The first-order valence-corrected chi connectivity index (χ1v) is 9.08. The summed E-state index contributed by atoms with van der Waals surface area (Å²) in [7, 11) is 0. The number of nitro groups is 2. The van der Waals surface area contributed by atoms with Crippen molar-refractivity contribution in [2.75, 3.05) is 18.4 Å². The highest BCUT2D eigenvalue weighted by molar-refractivity contribution is 5.95. The summed E-state index contributed by atoms with van der Waals surface area (Å²) in [6.07, 6.45) is 0. The predicted octanol–water partition coefficient (Wildman–Crippen LogP) is 1.94. The summed E-state index contributed by atoms with van der Waals surface area (Å²) in [4.78, 5) is 32.5. The zero-order chi connectivity index (χ0) is 22.5. The molecular weight excluding hydrogens is 408 g/mol. The zero-order valence-corrected chi connectivity index (χ0v) is 16.6. The van der Waals surface area contributed by atoms with Gasteiger partial charge in [-0.2, -0.15) is 5.10 Å². The van der Waals surface area contributed by atoms with E-state index in [0.717, 1.165) is 29.6 Å². The highest BCUT2D eigenvalue weighted by atomic mass is 16.6. The van der Waals surface area contributed by atoms with Crippen molar-refractivity contribution in [1.82, 2.24) is 25.3 Å². The van der Waals surface area contributed by atoms with Gasteiger partial charge in [0.1, 0.15) is 5.82 Å². The lowest BCUT2D eigenvalue weighted by Crippen LogP contribution is -2.29. The van der Waals surface area contributed by atoms with E-state index in [1.54, 1.807) is 16.8 Å². The molecule has 0 unspecified atom stereocenters. The fraction of sp³-hybridized carbons (Fsp3) is 0.222. The predicted molar refractivity (Wildman–Crippen MR) is 109 cm³/mol. The fourth-order valence-electron chi connectivity index (χ4n) is 2.80. The van der Waals surface area contributed by atoms with Crippen molar-refractivity contribution in [2.24, 2.45) is 0 Å². The number of carbonyl (C=O) groups is 1. The van der Waals surface area contributed by atoms with E-state index in [-0.39, 0.29) is 18.7 Å². The zero-order valence-electron chi connectivity index (χ0n) is 16.6. The van der Waals surface area contributed by atoms with Crippen molar-refractivity contribution in [3.8, 4) is 5.82 Å². The number of benzene rings is 1. The normalized spacial score (nSPS) is 10.5. The molecule has 1 amide bonds. The Balaban J connectivity index is 1.56. The number of nitrogens with zero attached hydrogens (tertiary/aromatic N) is 6. The molecule has 0 atom stereocenters. The summed E-state index contributed by atoms with van der Waals surface area (Å²) in [5.74, 6) is 0.377. The second-order valence-electron chi connectivity index (χ2n) is 6.55. The molecule has 2 heterocycles. The Morgan fingerprint density at radius 3 is 2.19 bits per heavy atom. The Kier molecular flexibility index (Phi) is 6.14. The fourth-order valence-corrected chi connectivity index (χ4v) is 2.80. The molecule has 0 spiro atoms. The van der Waals surface area contributed by atoms with Gasteiger partial charge in [0.15, 0.2) is 5.82 Å². The van der Waals surface area contributed by atoms with Crippen molar-refractivity contribution in [3.63, 3.8) is 0 Å². The molecule has 2 N–H and O–H groups in total. The van der Waals surface area contributed by atoms with Crippen LogP contribution < -0.4 is 10.6 Å². The van der Waals surface area contributed by atoms with Crippen LogP contribution in [0, 0.1) is 34.1 Å². The maximum absolute atomic E-state index is 12.2. The van der Waals surface area contributed by atoms with Crippen LogP contribution in [0.2, 0.25) is 0 Å². The average molecular weight is 426 g/mol. The van der Waals surface area contributed by atoms with E-state index >= 15 is 0 Å². The van der Waals surface area contributed by atoms with Crippen LogP contribution in [-0.2, 0) is 0 Å². The number of hydrogen-bond donors (Lipinski definition) is 2. The van der Waals surface area contributed by atoms with E-state index in [1.165, 1.54) is 0 Å². The summed E-state index contributed by atoms with van der Waals surface area (Å²) in [5, 5.41) is 39.9. The molecule has 1 aromatic carbocycles. The molecule has 160 valence electrons. The maximum atomic E-state index is 12.2. The van der Waals surface area contributed by atoms with E-state index in [4.69, 9.17) is 0 Å². The Labute approximate surface area is 175 Å². The number of rotatable bonds is 8. The molecule has 31 heavy (non-hydrogen) atoms. The van der Waals surface area contributed by atoms with Crippen molar-refractivity contribution >= 4 is 23.1 Å². The number of non-ortho nitro benzene ring substituents is 2. The minimum atomic E-state index is -0.792. The van der Waals surface area contributed by atoms with E-state index < -0.39 is 27.1 Å². The SMILES string of the molecule is Cc1cc(C)n(-c2ccc(NCCNC(=O)c3cc([N+](=O)[O-])cc([N+](=O)[O-])c3)nn2)n1. The Morgan fingerprint density at radius 2 is 1.68 bits per heavy atom. The molecule has 0 aliphatic heterocycles. The molecule has 13 nitrogen and oxygen atoms in total. The molecule has 0 fully saturated rings. The topological polar surface area (TPSA) is 171 Å². The van der Waals surface area contributed by atoms with Gasteiger partial charge in [0.05, 0.1) is 27.2 Å². The lowest BCUT2D eigenvalue weighted by atomic mass is 10.1. The van der Waals surface area contributed by atoms with Crippen molar-refractivity contribution in [3.05, 3.63) is 73.6 Å². The number of aromatic nitrogens is 4. The second kappa shape index (κ2) is 8.94. The number of carbonyl (C=O) groups excluding carboxylic acids is 1. The number of anilines is 1. The minimum absolute atomic E-state index is 0.149. The van der Waals surface area contributed by atoms with Gasteiger partial charge in [0.25, 0.3) is 17.3 Å². The van der Waals surface area contributed by atoms with Crippen molar-refractivity contribution in [1.29, 1.82) is 0 Å². The van der Waals surface area contributed by atoms with Gasteiger partial charge < -0.3 is 10.6 Å². The van der Waals surface area contributed by atoms with Crippen LogP contribution in [0.4, 0.5) is 17.2 Å². The van der Waals surface area contributed by atoms with Crippen LogP contribution in [0.5, 0.6) is 0 Å². The first-order chi connectivity index (χ1) is 14.7. The van der Waals surface area contributed by atoms with Gasteiger partial charge in [0.2, 0.25) is 0 Å². The lowest BCUT2D eigenvalue weighted by molar-refractivity contribution is -0.394. The molecule has 0 saturated heterocycles.